The zero-order chi connectivity index (χ0) is 20.0. The van der Waals surface area contributed by atoms with Crippen LogP contribution in [0.5, 0.6) is 0 Å². The Hall–Kier alpha value is -4.15. The van der Waals surface area contributed by atoms with E-state index in [-0.39, 0.29) is 5.69 Å². The number of para-hydroxylation sites is 1. The number of rotatable bonds is 5. The molecule has 0 amide bonds. The number of aryl methyl sites for hydroxylation is 3. The maximum atomic E-state index is 11.0. The van der Waals surface area contributed by atoms with E-state index in [1.807, 2.05) is 30.3 Å². The Balaban J connectivity index is 1.46. The van der Waals surface area contributed by atoms with E-state index in [0.717, 1.165) is 11.1 Å². The summed E-state index contributed by atoms with van der Waals surface area (Å²) >= 11 is 0. The lowest BCUT2D eigenvalue weighted by Gasteiger charge is -2.01. The third-order valence-electron chi connectivity index (χ3n) is 4.63. The quantitative estimate of drug-likeness (QED) is 0.333. The van der Waals surface area contributed by atoms with Crippen molar-refractivity contribution in [1.82, 2.24) is 39.1 Å². The van der Waals surface area contributed by atoms with Gasteiger partial charge in [0.2, 0.25) is 0 Å². The molecule has 0 N–H and O–H groups in total. The van der Waals surface area contributed by atoms with Gasteiger partial charge in [-0.25, -0.2) is 19.2 Å². The lowest BCUT2D eigenvalue weighted by atomic mass is 10.3. The zero-order valence-electron chi connectivity index (χ0n) is 15.4. The molecular formula is C18H15N9O2. The van der Waals surface area contributed by atoms with Gasteiger partial charge in [-0.3, -0.25) is 14.8 Å². The highest BCUT2D eigenvalue weighted by Crippen LogP contribution is 2.20. The molecule has 4 heterocycles. The van der Waals surface area contributed by atoms with Crippen LogP contribution in [0.3, 0.4) is 0 Å². The first-order valence-corrected chi connectivity index (χ1v) is 8.92. The van der Waals surface area contributed by atoms with Crippen LogP contribution < -0.4 is 0 Å². The van der Waals surface area contributed by atoms with Gasteiger partial charge in [0.25, 0.3) is 0 Å². The molecule has 0 fully saturated rings. The Morgan fingerprint density at radius 3 is 2.72 bits per heavy atom. The van der Waals surface area contributed by atoms with E-state index in [9.17, 15) is 10.1 Å². The summed E-state index contributed by atoms with van der Waals surface area (Å²) in [5.41, 5.74) is 2.66. The van der Waals surface area contributed by atoms with Crippen molar-refractivity contribution < 1.29 is 4.92 Å². The smallest absolute Gasteiger partial charge is 0.265 e. The van der Waals surface area contributed by atoms with Crippen LogP contribution in [-0.4, -0.2) is 44.1 Å². The van der Waals surface area contributed by atoms with Crippen molar-refractivity contribution in [3.63, 3.8) is 0 Å². The molecule has 0 aliphatic carbocycles. The molecule has 29 heavy (non-hydrogen) atoms. The van der Waals surface area contributed by atoms with Crippen LogP contribution in [0.2, 0.25) is 0 Å². The van der Waals surface area contributed by atoms with Crippen LogP contribution in [-0.2, 0) is 13.0 Å². The summed E-state index contributed by atoms with van der Waals surface area (Å²) in [5, 5.41) is 24.8. The number of aromatic nitrogens is 8. The standard InChI is InChI=1S/C18H15N9O2/c1-12-15(27(28)29)10-24(22-12)8-7-16-21-18-14-9-20-26(13-5-3-2-4-6-13)17(14)19-11-25(18)23-16/h2-6,9-11H,7-8H2,1H3. The third-order valence-corrected chi connectivity index (χ3v) is 4.63. The fourth-order valence-corrected chi connectivity index (χ4v) is 3.24. The molecule has 0 aliphatic heterocycles. The number of benzene rings is 1. The van der Waals surface area contributed by atoms with E-state index in [1.54, 1.807) is 33.3 Å². The molecule has 0 atom stereocenters. The topological polar surface area (TPSA) is 122 Å². The van der Waals surface area contributed by atoms with Gasteiger partial charge in [-0.15, -0.1) is 5.10 Å². The summed E-state index contributed by atoms with van der Waals surface area (Å²) in [6, 6.07) is 9.74. The average Bonchev–Trinajstić information content (AvgIpc) is 3.42. The Morgan fingerprint density at radius 2 is 1.97 bits per heavy atom. The number of fused-ring (bicyclic) bond motifs is 3. The summed E-state index contributed by atoms with van der Waals surface area (Å²) in [7, 11) is 0. The van der Waals surface area contributed by atoms with E-state index >= 15 is 0 Å². The second-order valence-electron chi connectivity index (χ2n) is 6.54. The van der Waals surface area contributed by atoms with Crippen LogP contribution in [0.25, 0.3) is 22.4 Å². The molecule has 11 nitrogen and oxygen atoms in total. The van der Waals surface area contributed by atoms with Crippen molar-refractivity contribution in [3.05, 3.63) is 70.7 Å². The Kier molecular flexibility index (Phi) is 3.79. The zero-order valence-corrected chi connectivity index (χ0v) is 15.4. The molecule has 0 radical (unpaired) electrons. The van der Waals surface area contributed by atoms with Gasteiger partial charge in [-0.05, 0) is 19.1 Å². The normalized spacial score (nSPS) is 11.5. The Bertz CT molecular complexity index is 1350. The molecule has 144 valence electrons. The minimum Gasteiger partial charge on any atom is -0.265 e. The number of nitro groups is 1. The van der Waals surface area contributed by atoms with Crippen LogP contribution in [0, 0.1) is 17.0 Å². The number of nitrogens with zero attached hydrogens (tertiary/aromatic N) is 9. The largest absolute Gasteiger partial charge is 0.309 e. The molecule has 11 heteroatoms. The van der Waals surface area contributed by atoms with E-state index < -0.39 is 4.92 Å². The van der Waals surface area contributed by atoms with E-state index in [4.69, 9.17) is 0 Å². The average molecular weight is 389 g/mol. The van der Waals surface area contributed by atoms with Gasteiger partial charge in [0.15, 0.2) is 17.1 Å². The monoisotopic (exact) mass is 389 g/mol. The van der Waals surface area contributed by atoms with E-state index in [2.05, 4.69) is 25.3 Å². The van der Waals surface area contributed by atoms with Crippen molar-refractivity contribution >= 4 is 22.4 Å². The first-order valence-electron chi connectivity index (χ1n) is 8.92. The van der Waals surface area contributed by atoms with Gasteiger partial charge >= 0.3 is 5.69 Å². The van der Waals surface area contributed by atoms with Gasteiger partial charge in [-0.2, -0.15) is 10.2 Å². The second kappa shape index (κ2) is 6.48. The molecule has 0 bridgehead atoms. The van der Waals surface area contributed by atoms with Crippen LogP contribution in [0.1, 0.15) is 11.5 Å². The number of hydrogen-bond donors (Lipinski definition) is 0. The van der Waals surface area contributed by atoms with Crippen molar-refractivity contribution in [2.24, 2.45) is 0 Å². The molecule has 4 aromatic heterocycles. The van der Waals surface area contributed by atoms with Gasteiger partial charge in [0.05, 0.1) is 22.2 Å². The number of hydrogen-bond acceptors (Lipinski definition) is 7. The third kappa shape index (κ3) is 2.88. The summed E-state index contributed by atoms with van der Waals surface area (Å²) in [4.78, 5) is 19.6. The fourth-order valence-electron chi connectivity index (χ4n) is 3.24. The minimum absolute atomic E-state index is 0.00666. The van der Waals surface area contributed by atoms with Gasteiger partial charge in [0, 0.05) is 13.0 Å². The fraction of sp³-hybridized carbons (Fsp3) is 0.167. The predicted octanol–water partition coefficient (Wildman–Crippen LogP) is 2.12. The molecule has 0 unspecified atom stereocenters. The van der Waals surface area contributed by atoms with Crippen LogP contribution >= 0.6 is 0 Å². The summed E-state index contributed by atoms with van der Waals surface area (Å²) < 4.78 is 4.92. The summed E-state index contributed by atoms with van der Waals surface area (Å²) in [6.45, 7) is 2.05. The van der Waals surface area contributed by atoms with E-state index in [0.29, 0.717) is 35.8 Å². The first kappa shape index (κ1) is 17.0. The molecule has 0 saturated heterocycles. The summed E-state index contributed by atoms with van der Waals surface area (Å²) in [5.74, 6) is 0.600. The molecule has 0 aliphatic rings. The lowest BCUT2D eigenvalue weighted by Crippen LogP contribution is -2.03. The first-order chi connectivity index (χ1) is 14.1. The minimum atomic E-state index is -0.436. The molecule has 5 rings (SSSR count). The van der Waals surface area contributed by atoms with Crippen LogP contribution in [0.15, 0.2) is 49.1 Å². The van der Waals surface area contributed by atoms with Crippen LogP contribution in [0.4, 0.5) is 5.69 Å². The van der Waals surface area contributed by atoms with Crippen molar-refractivity contribution in [2.75, 3.05) is 0 Å². The second-order valence-corrected chi connectivity index (χ2v) is 6.54. The maximum Gasteiger partial charge on any atom is 0.309 e. The molecule has 0 spiro atoms. The summed E-state index contributed by atoms with van der Waals surface area (Å²) in [6.07, 6.45) is 5.24. The van der Waals surface area contributed by atoms with Gasteiger partial charge in [0.1, 0.15) is 18.2 Å². The highest BCUT2D eigenvalue weighted by molar-refractivity contribution is 5.89. The lowest BCUT2D eigenvalue weighted by molar-refractivity contribution is -0.385. The van der Waals surface area contributed by atoms with Crippen molar-refractivity contribution in [2.45, 2.75) is 19.9 Å². The molecule has 0 saturated carbocycles. The molecular weight excluding hydrogens is 374 g/mol. The van der Waals surface area contributed by atoms with Gasteiger partial charge in [-0.1, -0.05) is 18.2 Å². The SMILES string of the molecule is Cc1nn(CCc2nc3c4cnn(-c5ccccc5)c4ncn3n2)cc1[N+](=O)[O-]. The van der Waals surface area contributed by atoms with E-state index in [1.165, 1.54) is 6.20 Å². The maximum absolute atomic E-state index is 11.0. The van der Waals surface area contributed by atoms with Gasteiger partial charge < -0.3 is 0 Å². The highest BCUT2D eigenvalue weighted by atomic mass is 16.6. The molecule has 5 aromatic rings. The Morgan fingerprint density at radius 1 is 1.14 bits per heavy atom. The Labute approximate surface area is 163 Å². The van der Waals surface area contributed by atoms with Crippen molar-refractivity contribution in [3.8, 4) is 5.69 Å². The van der Waals surface area contributed by atoms with Crippen molar-refractivity contribution in [1.29, 1.82) is 0 Å². The molecule has 1 aromatic carbocycles. The highest BCUT2D eigenvalue weighted by Gasteiger charge is 2.16. The predicted molar refractivity (Wildman–Crippen MR) is 103 cm³/mol.